The van der Waals surface area contributed by atoms with Gasteiger partial charge in [0.15, 0.2) is 5.65 Å². The standard InChI is InChI=1S/C9H10N4O2S/c1-6-2-7-11-12-8(13(7)5-10-6)3-16-4-9(14)15/h2,5H,3-4H2,1H3,(H,14,15). The second-order valence-corrected chi connectivity index (χ2v) is 4.25. The van der Waals surface area contributed by atoms with E-state index in [4.69, 9.17) is 5.11 Å². The molecule has 0 amide bonds. The van der Waals surface area contributed by atoms with Gasteiger partial charge >= 0.3 is 5.97 Å². The van der Waals surface area contributed by atoms with E-state index in [1.54, 1.807) is 10.7 Å². The quantitative estimate of drug-likeness (QED) is 0.846. The van der Waals surface area contributed by atoms with Crippen LogP contribution in [-0.2, 0) is 10.5 Å². The molecule has 6 nitrogen and oxygen atoms in total. The molecule has 84 valence electrons. The van der Waals surface area contributed by atoms with Crippen LogP contribution in [0.4, 0.5) is 0 Å². The molecule has 1 N–H and O–H groups in total. The van der Waals surface area contributed by atoms with E-state index >= 15 is 0 Å². The van der Waals surface area contributed by atoms with Crippen molar-refractivity contribution in [2.24, 2.45) is 0 Å². The topological polar surface area (TPSA) is 80.4 Å². The van der Waals surface area contributed by atoms with E-state index in [2.05, 4.69) is 15.2 Å². The maximum absolute atomic E-state index is 10.4. The van der Waals surface area contributed by atoms with Crippen LogP contribution in [0, 0.1) is 6.92 Å². The average molecular weight is 238 g/mol. The molecule has 0 aliphatic carbocycles. The second kappa shape index (κ2) is 4.48. The average Bonchev–Trinajstić information content (AvgIpc) is 2.60. The van der Waals surface area contributed by atoms with E-state index in [9.17, 15) is 4.79 Å². The number of thioether (sulfide) groups is 1. The molecule has 0 saturated heterocycles. The highest BCUT2D eigenvalue weighted by Gasteiger charge is 2.06. The number of carbonyl (C=O) groups is 1. The predicted molar refractivity (Wildman–Crippen MR) is 59.3 cm³/mol. The summed E-state index contributed by atoms with van der Waals surface area (Å²) < 4.78 is 1.77. The van der Waals surface area contributed by atoms with E-state index < -0.39 is 5.97 Å². The van der Waals surface area contributed by atoms with Gasteiger partial charge in [0.05, 0.1) is 11.5 Å². The molecular formula is C9H10N4O2S. The van der Waals surface area contributed by atoms with Crippen LogP contribution in [0.3, 0.4) is 0 Å². The summed E-state index contributed by atoms with van der Waals surface area (Å²) >= 11 is 1.29. The number of aryl methyl sites for hydroxylation is 1. The Kier molecular flexibility index (Phi) is 3.04. The van der Waals surface area contributed by atoms with Gasteiger partial charge in [0.25, 0.3) is 0 Å². The fourth-order valence-corrected chi connectivity index (χ4v) is 1.92. The normalized spacial score (nSPS) is 10.8. The van der Waals surface area contributed by atoms with Crippen LogP contribution in [0.25, 0.3) is 5.65 Å². The third kappa shape index (κ3) is 2.30. The van der Waals surface area contributed by atoms with E-state index in [1.807, 2.05) is 13.0 Å². The summed E-state index contributed by atoms with van der Waals surface area (Å²) in [6.45, 7) is 1.88. The summed E-state index contributed by atoms with van der Waals surface area (Å²) in [7, 11) is 0. The molecular weight excluding hydrogens is 228 g/mol. The SMILES string of the molecule is Cc1cc2nnc(CSCC(=O)O)n2cn1. The number of nitrogens with zero attached hydrogens (tertiary/aromatic N) is 4. The van der Waals surface area contributed by atoms with Crippen molar-refractivity contribution in [3.8, 4) is 0 Å². The molecule has 0 radical (unpaired) electrons. The molecule has 2 rings (SSSR count). The summed E-state index contributed by atoms with van der Waals surface area (Å²) in [5, 5.41) is 16.5. The highest BCUT2D eigenvalue weighted by atomic mass is 32.2. The molecule has 0 aliphatic rings. The largest absolute Gasteiger partial charge is 0.481 e. The van der Waals surface area contributed by atoms with Crippen LogP contribution in [-0.4, -0.2) is 36.4 Å². The summed E-state index contributed by atoms with van der Waals surface area (Å²) in [5.74, 6) is 0.466. The van der Waals surface area contributed by atoms with E-state index in [0.29, 0.717) is 11.6 Å². The third-order valence-electron chi connectivity index (χ3n) is 1.96. The van der Waals surface area contributed by atoms with Gasteiger partial charge in [0, 0.05) is 11.8 Å². The number of carboxylic acids is 1. The number of fused-ring (bicyclic) bond motifs is 1. The second-order valence-electron chi connectivity index (χ2n) is 3.26. The molecule has 0 aliphatic heterocycles. The minimum atomic E-state index is -0.826. The molecule has 0 unspecified atom stereocenters. The van der Waals surface area contributed by atoms with Crippen molar-refractivity contribution in [2.75, 3.05) is 5.75 Å². The zero-order valence-electron chi connectivity index (χ0n) is 8.62. The number of carboxylic acid groups (broad SMARTS) is 1. The van der Waals surface area contributed by atoms with Crippen LogP contribution in [0.2, 0.25) is 0 Å². The maximum atomic E-state index is 10.4. The smallest absolute Gasteiger partial charge is 0.313 e. The van der Waals surface area contributed by atoms with Crippen LogP contribution < -0.4 is 0 Å². The molecule has 0 aromatic carbocycles. The fourth-order valence-electron chi connectivity index (χ4n) is 1.26. The number of rotatable bonds is 4. The lowest BCUT2D eigenvalue weighted by Gasteiger charge is -1.98. The number of aromatic nitrogens is 4. The molecule has 0 fully saturated rings. The zero-order valence-corrected chi connectivity index (χ0v) is 9.44. The van der Waals surface area contributed by atoms with Crippen molar-refractivity contribution >= 4 is 23.4 Å². The van der Waals surface area contributed by atoms with E-state index in [0.717, 1.165) is 11.3 Å². The first-order valence-corrected chi connectivity index (χ1v) is 5.78. The Morgan fingerprint density at radius 1 is 1.56 bits per heavy atom. The van der Waals surface area contributed by atoms with Gasteiger partial charge < -0.3 is 5.11 Å². The lowest BCUT2D eigenvalue weighted by molar-refractivity contribution is -0.133. The van der Waals surface area contributed by atoms with Gasteiger partial charge in [-0.25, -0.2) is 4.98 Å². The first kappa shape index (κ1) is 10.9. The van der Waals surface area contributed by atoms with Gasteiger partial charge in [-0.05, 0) is 6.92 Å². The highest BCUT2D eigenvalue weighted by Crippen LogP contribution is 2.11. The Bertz CT molecular complexity index is 525. The lowest BCUT2D eigenvalue weighted by Crippen LogP contribution is -2.00. The number of hydrogen-bond donors (Lipinski definition) is 1. The lowest BCUT2D eigenvalue weighted by atomic mass is 10.4. The molecule has 2 aromatic rings. The Morgan fingerprint density at radius 3 is 3.12 bits per heavy atom. The van der Waals surface area contributed by atoms with E-state index in [1.165, 1.54) is 11.8 Å². The van der Waals surface area contributed by atoms with E-state index in [-0.39, 0.29) is 5.75 Å². The molecule has 2 heterocycles. The monoisotopic (exact) mass is 238 g/mol. The molecule has 0 spiro atoms. The zero-order chi connectivity index (χ0) is 11.5. The minimum Gasteiger partial charge on any atom is -0.481 e. The number of aliphatic carboxylic acids is 1. The van der Waals surface area contributed by atoms with Gasteiger partial charge in [-0.3, -0.25) is 9.20 Å². The van der Waals surface area contributed by atoms with Crippen molar-refractivity contribution in [3.63, 3.8) is 0 Å². The Hall–Kier alpha value is -1.63. The molecule has 0 saturated carbocycles. The molecule has 2 aromatic heterocycles. The van der Waals surface area contributed by atoms with Crippen LogP contribution in [0.15, 0.2) is 12.4 Å². The van der Waals surface area contributed by atoms with Crippen LogP contribution >= 0.6 is 11.8 Å². The van der Waals surface area contributed by atoms with Gasteiger partial charge in [-0.15, -0.1) is 22.0 Å². The van der Waals surface area contributed by atoms with Crippen molar-refractivity contribution < 1.29 is 9.90 Å². The first-order valence-electron chi connectivity index (χ1n) is 4.62. The predicted octanol–water partition coefficient (Wildman–Crippen LogP) is 0.751. The molecule has 7 heteroatoms. The van der Waals surface area contributed by atoms with Crippen molar-refractivity contribution in [2.45, 2.75) is 12.7 Å². The van der Waals surface area contributed by atoms with Crippen molar-refractivity contribution in [3.05, 3.63) is 23.9 Å². The summed E-state index contributed by atoms with van der Waals surface area (Å²) in [4.78, 5) is 14.5. The maximum Gasteiger partial charge on any atom is 0.313 e. The molecule has 16 heavy (non-hydrogen) atoms. The van der Waals surface area contributed by atoms with Gasteiger partial charge in [0.2, 0.25) is 0 Å². The first-order chi connectivity index (χ1) is 7.66. The van der Waals surface area contributed by atoms with Crippen LogP contribution in [0.5, 0.6) is 0 Å². The Morgan fingerprint density at radius 2 is 2.38 bits per heavy atom. The van der Waals surface area contributed by atoms with Crippen molar-refractivity contribution in [1.29, 1.82) is 0 Å². The van der Waals surface area contributed by atoms with Gasteiger partial charge in [0.1, 0.15) is 12.2 Å². The Balaban J connectivity index is 2.15. The van der Waals surface area contributed by atoms with Crippen LogP contribution in [0.1, 0.15) is 11.5 Å². The summed E-state index contributed by atoms with van der Waals surface area (Å²) in [6.07, 6.45) is 1.65. The van der Waals surface area contributed by atoms with Gasteiger partial charge in [-0.2, -0.15) is 0 Å². The summed E-state index contributed by atoms with van der Waals surface area (Å²) in [5.41, 5.74) is 1.61. The third-order valence-corrected chi connectivity index (χ3v) is 2.88. The van der Waals surface area contributed by atoms with Gasteiger partial charge in [-0.1, -0.05) is 0 Å². The highest BCUT2D eigenvalue weighted by molar-refractivity contribution is 7.99. The molecule has 0 atom stereocenters. The molecule has 0 bridgehead atoms. The summed E-state index contributed by atoms with van der Waals surface area (Å²) in [6, 6.07) is 1.83. The number of hydrogen-bond acceptors (Lipinski definition) is 5. The minimum absolute atomic E-state index is 0.0637. The Labute approximate surface area is 95.7 Å². The fraction of sp³-hybridized carbons (Fsp3) is 0.333. The van der Waals surface area contributed by atoms with Crippen molar-refractivity contribution in [1.82, 2.24) is 19.6 Å².